The second kappa shape index (κ2) is 7.01. The summed E-state index contributed by atoms with van der Waals surface area (Å²) in [6.07, 6.45) is 0.991. The lowest BCUT2D eigenvalue weighted by molar-refractivity contribution is 0.215. The maximum absolute atomic E-state index is 9.50. The molecule has 2 atom stereocenters. The van der Waals surface area contributed by atoms with Gasteiger partial charge in [-0.2, -0.15) is 0 Å². The van der Waals surface area contributed by atoms with Crippen LogP contribution >= 0.6 is 11.3 Å². The molecule has 116 valence electrons. The predicted octanol–water partition coefficient (Wildman–Crippen LogP) is 3.81. The van der Waals surface area contributed by atoms with E-state index in [1.54, 1.807) is 11.3 Å². The Balaban J connectivity index is 2.81. The van der Waals surface area contributed by atoms with Crippen LogP contribution in [0.25, 0.3) is 0 Å². The van der Waals surface area contributed by atoms with Crippen molar-refractivity contribution in [1.29, 1.82) is 0 Å². The maximum Gasteiger partial charge on any atom is 0.0985 e. The molecule has 3 nitrogen and oxygen atoms in total. The van der Waals surface area contributed by atoms with Crippen molar-refractivity contribution >= 4 is 11.3 Å². The lowest BCUT2D eigenvalue weighted by atomic mass is 9.98. The first-order valence-electron chi connectivity index (χ1n) is 7.49. The van der Waals surface area contributed by atoms with Crippen molar-refractivity contribution in [2.45, 2.75) is 72.4 Å². The first kappa shape index (κ1) is 17.6. The van der Waals surface area contributed by atoms with E-state index < -0.39 is 0 Å². The number of hydrogen-bond donors (Lipinski definition) is 2. The number of nitrogens with one attached hydrogen (secondary N) is 1. The van der Waals surface area contributed by atoms with Crippen LogP contribution in [0.1, 0.15) is 69.6 Å². The van der Waals surface area contributed by atoms with Crippen LogP contribution in [0.5, 0.6) is 0 Å². The second-order valence-electron chi connectivity index (χ2n) is 7.12. The van der Waals surface area contributed by atoms with Gasteiger partial charge in [-0.3, -0.25) is 0 Å². The number of rotatable bonds is 6. The summed E-state index contributed by atoms with van der Waals surface area (Å²) in [4.78, 5) is 6.00. The fourth-order valence-electron chi connectivity index (χ4n) is 2.32. The Morgan fingerprint density at radius 3 is 2.25 bits per heavy atom. The third-order valence-electron chi connectivity index (χ3n) is 3.33. The van der Waals surface area contributed by atoms with Crippen LogP contribution in [0.15, 0.2) is 0 Å². The third kappa shape index (κ3) is 4.83. The molecule has 2 N–H and O–H groups in total. The zero-order valence-electron chi connectivity index (χ0n) is 13.9. The Bertz CT molecular complexity index is 421. The van der Waals surface area contributed by atoms with Gasteiger partial charge in [-0.1, -0.05) is 34.6 Å². The smallest absolute Gasteiger partial charge is 0.0985 e. The van der Waals surface area contributed by atoms with Crippen molar-refractivity contribution in [3.63, 3.8) is 0 Å². The zero-order chi connectivity index (χ0) is 15.5. The molecule has 1 rings (SSSR count). The van der Waals surface area contributed by atoms with E-state index in [1.165, 1.54) is 9.88 Å². The van der Waals surface area contributed by atoms with E-state index in [-0.39, 0.29) is 24.1 Å². The number of nitrogens with zero attached hydrogens (tertiary/aromatic N) is 1. The van der Waals surface area contributed by atoms with Crippen molar-refractivity contribution in [1.82, 2.24) is 10.3 Å². The first-order valence-corrected chi connectivity index (χ1v) is 8.31. The number of hydrogen-bond acceptors (Lipinski definition) is 4. The highest BCUT2D eigenvalue weighted by molar-refractivity contribution is 7.12. The zero-order valence-corrected chi connectivity index (χ0v) is 14.8. The van der Waals surface area contributed by atoms with Gasteiger partial charge in [0.25, 0.3) is 0 Å². The van der Waals surface area contributed by atoms with Crippen LogP contribution in [0.3, 0.4) is 0 Å². The molecule has 0 radical (unpaired) electrons. The molecule has 0 spiro atoms. The minimum Gasteiger partial charge on any atom is -0.395 e. The van der Waals surface area contributed by atoms with E-state index in [1.807, 2.05) is 0 Å². The number of aliphatic hydroxyl groups is 1. The molecule has 0 amide bonds. The van der Waals surface area contributed by atoms with Gasteiger partial charge in [0.1, 0.15) is 0 Å². The highest BCUT2D eigenvalue weighted by Crippen LogP contribution is 2.32. The summed E-state index contributed by atoms with van der Waals surface area (Å²) in [5.41, 5.74) is 1.21. The third-order valence-corrected chi connectivity index (χ3v) is 5.10. The van der Waals surface area contributed by atoms with E-state index in [9.17, 15) is 5.11 Å². The van der Waals surface area contributed by atoms with E-state index in [0.29, 0.717) is 5.92 Å². The summed E-state index contributed by atoms with van der Waals surface area (Å²) in [7, 11) is 0. The van der Waals surface area contributed by atoms with Gasteiger partial charge in [-0.15, -0.1) is 11.3 Å². The lowest BCUT2D eigenvalue weighted by Crippen LogP contribution is -2.35. The summed E-state index contributed by atoms with van der Waals surface area (Å²) in [5, 5.41) is 14.2. The highest BCUT2D eigenvalue weighted by atomic mass is 32.1. The molecule has 0 aliphatic carbocycles. The van der Waals surface area contributed by atoms with Gasteiger partial charge < -0.3 is 10.4 Å². The summed E-state index contributed by atoms with van der Waals surface area (Å²) in [6.45, 7) is 15.4. The molecule has 0 aromatic carbocycles. The van der Waals surface area contributed by atoms with Crippen molar-refractivity contribution in [2.75, 3.05) is 6.61 Å². The molecule has 20 heavy (non-hydrogen) atoms. The molecule has 0 aliphatic heterocycles. The van der Waals surface area contributed by atoms with Gasteiger partial charge in [0.2, 0.25) is 0 Å². The molecular formula is C16H30N2OS. The second-order valence-corrected chi connectivity index (χ2v) is 8.15. The Kier molecular flexibility index (Phi) is 6.17. The Morgan fingerprint density at radius 2 is 1.85 bits per heavy atom. The number of thiazole rings is 1. The molecule has 1 heterocycles. The minimum atomic E-state index is 0.0989. The van der Waals surface area contributed by atoms with Gasteiger partial charge in [-0.05, 0) is 26.2 Å². The van der Waals surface area contributed by atoms with Crippen molar-refractivity contribution in [2.24, 2.45) is 5.92 Å². The standard InChI is InChI=1S/C16H30N2OS/c1-10(2)8-13(9-19)17-11(3)14-12(4)18-15(20-14)16(5,6)7/h10-11,13,17,19H,8-9H2,1-7H3. The van der Waals surface area contributed by atoms with Crippen molar-refractivity contribution in [3.05, 3.63) is 15.6 Å². The Morgan fingerprint density at radius 1 is 1.25 bits per heavy atom. The summed E-state index contributed by atoms with van der Waals surface area (Å²) < 4.78 is 0. The van der Waals surface area contributed by atoms with Gasteiger partial charge in [0.15, 0.2) is 0 Å². The number of aromatic nitrogens is 1. The minimum absolute atomic E-state index is 0.0989. The molecule has 0 fully saturated rings. The molecule has 4 heteroatoms. The van der Waals surface area contributed by atoms with Gasteiger partial charge in [0, 0.05) is 22.4 Å². The van der Waals surface area contributed by atoms with Crippen molar-refractivity contribution in [3.8, 4) is 0 Å². The predicted molar refractivity (Wildman–Crippen MR) is 87.4 cm³/mol. The highest BCUT2D eigenvalue weighted by Gasteiger charge is 2.23. The number of aliphatic hydroxyl groups excluding tert-OH is 1. The van der Waals surface area contributed by atoms with Crippen LogP contribution in [0.2, 0.25) is 0 Å². The average Bonchev–Trinajstić information content (AvgIpc) is 2.69. The molecule has 0 saturated carbocycles. The van der Waals surface area contributed by atoms with Crippen LogP contribution in [-0.2, 0) is 5.41 Å². The molecular weight excluding hydrogens is 268 g/mol. The van der Waals surface area contributed by atoms with Gasteiger partial charge in [-0.25, -0.2) is 4.98 Å². The maximum atomic E-state index is 9.50. The van der Waals surface area contributed by atoms with Crippen LogP contribution < -0.4 is 5.32 Å². The number of aryl methyl sites for hydroxylation is 1. The molecule has 1 aromatic rings. The van der Waals surface area contributed by atoms with E-state index in [2.05, 4.69) is 53.8 Å². The molecule has 0 saturated heterocycles. The largest absolute Gasteiger partial charge is 0.395 e. The average molecular weight is 298 g/mol. The summed E-state index contributed by atoms with van der Waals surface area (Å²) >= 11 is 1.79. The summed E-state index contributed by atoms with van der Waals surface area (Å²) in [6, 6.07) is 0.393. The molecule has 1 aromatic heterocycles. The lowest BCUT2D eigenvalue weighted by Gasteiger charge is -2.23. The van der Waals surface area contributed by atoms with E-state index in [4.69, 9.17) is 4.98 Å². The first-order chi connectivity index (χ1) is 9.15. The van der Waals surface area contributed by atoms with Crippen LogP contribution in [0, 0.1) is 12.8 Å². The Labute approximate surface area is 127 Å². The van der Waals surface area contributed by atoms with Crippen molar-refractivity contribution < 1.29 is 5.11 Å². The molecule has 0 aliphatic rings. The summed E-state index contributed by atoms with van der Waals surface area (Å²) in [5.74, 6) is 0.583. The fourth-order valence-corrected chi connectivity index (χ4v) is 3.46. The van der Waals surface area contributed by atoms with Gasteiger partial charge in [0.05, 0.1) is 17.3 Å². The van der Waals surface area contributed by atoms with E-state index >= 15 is 0 Å². The topological polar surface area (TPSA) is 45.2 Å². The Hall–Kier alpha value is -0.450. The SMILES string of the molecule is Cc1nc(C(C)(C)C)sc1C(C)NC(CO)CC(C)C. The van der Waals surface area contributed by atoms with E-state index in [0.717, 1.165) is 12.1 Å². The monoisotopic (exact) mass is 298 g/mol. The van der Waals surface area contributed by atoms with Crippen LogP contribution in [0.4, 0.5) is 0 Å². The normalized spacial score (nSPS) is 15.7. The molecule has 0 bridgehead atoms. The fraction of sp³-hybridized carbons (Fsp3) is 0.812. The molecule has 2 unspecified atom stereocenters. The van der Waals surface area contributed by atoms with Crippen LogP contribution in [-0.4, -0.2) is 22.7 Å². The van der Waals surface area contributed by atoms with Gasteiger partial charge >= 0.3 is 0 Å². The quantitative estimate of drug-likeness (QED) is 0.839.